The second kappa shape index (κ2) is 6.44. The molecule has 0 spiro atoms. The van der Waals surface area contributed by atoms with Crippen LogP contribution in [0.3, 0.4) is 0 Å². The lowest BCUT2D eigenvalue weighted by Crippen LogP contribution is -2.27. The molecule has 0 radical (unpaired) electrons. The van der Waals surface area contributed by atoms with Crippen molar-refractivity contribution in [3.05, 3.63) is 52.5 Å². The summed E-state index contributed by atoms with van der Waals surface area (Å²) in [4.78, 5) is 12.6. The molecule has 0 unspecified atom stereocenters. The molecule has 1 aromatic heterocycles. The third-order valence-electron chi connectivity index (χ3n) is 4.57. The monoisotopic (exact) mass is 380 g/mol. The third kappa shape index (κ3) is 3.70. The van der Waals surface area contributed by atoms with E-state index in [2.05, 4.69) is 10.5 Å². The fraction of sp³-hybridized carbons (Fsp3) is 0.368. The molecule has 144 valence electrons. The lowest BCUT2D eigenvalue weighted by Gasteiger charge is -2.28. The molecule has 1 amide bonds. The highest BCUT2D eigenvalue weighted by Crippen LogP contribution is 2.39. The average Bonchev–Trinajstić information content (AvgIpc) is 2.89. The van der Waals surface area contributed by atoms with Gasteiger partial charge in [0.05, 0.1) is 11.3 Å². The molecule has 0 aliphatic heterocycles. The lowest BCUT2D eigenvalue weighted by atomic mass is 9.75. The van der Waals surface area contributed by atoms with E-state index in [0.717, 1.165) is 12.1 Å². The summed E-state index contributed by atoms with van der Waals surface area (Å²) in [6.07, 6.45) is -3.43. The van der Waals surface area contributed by atoms with Crippen LogP contribution in [0.4, 0.5) is 18.9 Å². The molecule has 2 aromatic rings. The van der Waals surface area contributed by atoms with Crippen molar-refractivity contribution in [1.82, 2.24) is 0 Å². The Balaban J connectivity index is 1.93. The van der Waals surface area contributed by atoms with Gasteiger partial charge in [-0.15, -0.1) is 0 Å². The number of anilines is 1. The van der Waals surface area contributed by atoms with E-state index in [1.807, 2.05) is 13.8 Å². The van der Waals surface area contributed by atoms with Crippen molar-refractivity contribution < 1.29 is 27.6 Å². The minimum Gasteiger partial charge on any atom is -0.455 e. The van der Waals surface area contributed by atoms with E-state index in [9.17, 15) is 23.2 Å². The maximum Gasteiger partial charge on any atom is 0.416 e. The van der Waals surface area contributed by atoms with Gasteiger partial charge in [-0.05, 0) is 37.0 Å². The summed E-state index contributed by atoms with van der Waals surface area (Å²) in [5.74, 6) is -0.127. The number of carbonyl (C=O) groups is 1. The van der Waals surface area contributed by atoms with Crippen molar-refractivity contribution in [2.75, 3.05) is 5.32 Å². The Morgan fingerprint density at radius 3 is 2.63 bits per heavy atom. The maximum atomic E-state index is 12.8. The predicted molar refractivity (Wildman–Crippen MR) is 93.3 cm³/mol. The summed E-state index contributed by atoms with van der Waals surface area (Å²) >= 11 is 0. The van der Waals surface area contributed by atoms with Crippen molar-refractivity contribution in [2.24, 2.45) is 10.6 Å². The van der Waals surface area contributed by atoms with Crippen molar-refractivity contribution in [3.8, 4) is 0 Å². The van der Waals surface area contributed by atoms with E-state index in [0.29, 0.717) is 35.4 Å². The highest BCUT2D eigenvalue weighted by molar-refractivity contribution is 6.09. The Morgan fingerprint density at radius 2 is 2.00 bits per heavy atom. The zero-order valence-corrected chi connectivity index (χ0v) is 15.1. The Kier molecular flexibility index (Phi) is 4.53. The van der Waals surface area contributed by atoms with Gasteiger partial charge in [0.15, 0.2) is 5.76 Å². The van der Waals surface area contributed by atoms with E-state index in [1.54, 1.807) is 6.92 Å². The molecule has 3 rings (SSSR count). The number of benzene rings is 1. The number of nitrogens with one attached hydrogen (secondary N) is 1. The minimum absolute atomic E-state index is 0.00346. The molecule has 0 bridgehead atoms. The highest BCUT2D eigenvalue weighted by atomic mass is 19.4. The van der Waals surface area contributed by atoms with Crippen LogP contribution < -0.4 is 5.32 Å². The summed E-state index contributed by atoms with van der Waals surface area (Å²) in [6.45, 7) is 5.63. The number of furan rings is 1. The molecule has 0 saturated carbocycles. The van der Waals surface area contributed by atoms with Gasteiger partial charge in [-0.3, -0.25) is 4.79 Å². The van der Waals surface area contributed by atoms with Crippen LogP contribution in [0.25, 0.3) is 0 Å². The number of halogens is 3. The first kappa shape index (κ1) is 19.0. The normalized spacial score (nSPS) is 17.6. The molecule has 0 atom stereocenters. The molecule has 1 heterocycles. The van der Waals surface area contributed by atoms with Crippen molar-refractivity contribution in [2.45, 2.75) is 39.8 Å². The molecule has 0 fully saturated rings. The largest absolute Gasteiger partial charge is 0.455 e. The van der Waals surface area contributed by atoms with Crippen LogP contribution in [0.5, 0.6) is 0 Å². The van der Waals surface area contributed by atoms with E-state index >= 15 is 0 Å². The molecule has 27 heavy (non-hydrogen) atoms. The fourth-order valence-electron chi connectivity index (χ4n) is 3.38. The first-order valence-electron chi connectivity index (χ1n) is 8.34. The van der Waals surface area contributed by atoms with Gasteiger partial charge in [-0.25, -0.2) is 0 Å². The number of carbonyl (C=O) groups excluding carboxylic acids is 1. The third-order valence-corrected chi connectivity index (χ3v) is 4.57. The number of alkyl halides is 3. The van der Waals surface area contributed by atoms with Crippen LogP contribution in [0.1, 0.15) is 53.3 Å². The minimum atomic E-state index is -4.50. The SMILES string of the molecule is Cc1c(C(=O)Nc2cccc(C(F)(F)F)c2)oc2c1/C(=N/O)CC(C)(C)C2. The van der Waals surface area contributed by atoms with Gasteiger partial charge in [0.2, 0.25) is 0 Å². The standard InChI is InChI=1S/C19H19F3N2O3/c1-10-15-13(24-26)8-18(2,3)9-14(15)27-16(10)17(25)23-12-6-4-5-11(7-12)19(20,21)22/h4-7,26H,8-9H2,1-3H3,(H,23,25)/b24-13+. The molecule has 2 N–H and O–H groups in total. The summed E-state index contributed by atoms with van der Waals surface area (Å²) in [5, 5.41) is 15.1. The number of hydrogen-bond acceptors (Lipinski definition) is 4. The summed E-state index contributed by atoms with van der Waals surface area (Å²) in [6, 6.07) is 4.38. The average molecular weight is 380 g/mol. The predicted octanol–water partition coefficient (Wildman–Crippen LogP) is 5.01. The molecule has 8 heteroatoms. The summed E-state index contributed by atoms with van der Waals surface area (Å²) in [7, 11) is 0. The summed E-state index contributed by atoms with van der Waals surface area (Å²) < 4.78 is 44.2. The van der Waals surface area contributed by atoms with Crippen LogP contribution in [0.2, 0.25) is 0 Å². The van der Waals surface area contributed by atoms with E-state index < -0.39 is 17.6 Å². The number of fused-ring (bicyclic) bond motifs is 1. The molecule has 1 aromatic carbocycles. The van der Waals surface area contributed by atoms with E-state index in [4.69, 9.17) is 4.42 Å². The first-order valence-corrected chi connectivity index (χ1v) is 8.34. The van der Waals surface area contributed by atoms with Crippen LogP contribution in [-0.4, -0.2) is 16.8 Å². The second-order valence-corrected chi connectivity index (χ2v) is 7.45. The van der Waals surface area contributed by atoms with E-state index in [1.165, 1.54) is 12.1 Å². The van der Waals surface area contributed by atoms with Gasteiger partial charge in [-0.2, -0.15) is 13.2 Å². The summed E-state index contributed by atoms with van der Waals surface area (Å²) in [5.41, 5.74) is 0.477. The van der Waals surface area contributed by atoms with Gasteiger partial charge in [0.25, 0.3) is 5.91 Å². The number of amides is 1. The second-order valence-electron chi connectivity index (χ2n) is 7.45. The Labute approximate surface area is 153 Å². The topological polar surface area (TPSA) is 74.8 Å². The smallest absolute Gasteiger partial charge is 0.416 e. The van der Waals surface area contributed by atoms with Crippen LogP contribution >= 0.6 is 0 Å². The number of nitrogens with zero attached hydrogens (tertiary/aromatic N) is 1. The molecular weight excluding hydrogens is 361 g/mol. The van der Waals surface area contributed by atoms with Crippen LogP contribution in [0, 0.1) is 12.3 Å². The molecular formula is C19H19F3N2O3. The molecule has 5 nitrogen and oxygen atoms in total. The Morgan fingerprint density at radius 1 is 1.30 bits per heavy atom. The molecule has 0 saturated heterocycles. The lowest BCUT2D eigenvalue weighted by molar-refractivity contribution is -0.137. The zero-order chi connectivity index (χ0) is 20.0. The number of rotatable bonds is 2. The number of oxime groups is 1. The first-order chi connectivity index (χ1) is 12.5. The van der Waals surface area contributed by atoms with Crippen molar-refractivity contribution in [1.29, 1.82) is 0 Å². The van der Waals surface area contributed by atoms with Gasteiger partial charge < -0.3 is 14.9 Å². The van der Waals surface area contributed by atoms with Gasteiger partial charge in [-0.1, -0.05) is 25.1 Å². The van der Waals surface area contributed by atoms with Gasteiger partial charge in [0.1, 0.15) is 5.76 Å². The zero-order valence-electron chi connectivity index (χ0n) is 15.1. The van der Waals surface area contributed by atoms with Gasteiger partial charge in [0, 0.05) is 23.2 Å². The Bertz CT molecular complexity index is 927. The quantitative estimate of drug-likeness (QED) is 0.568. The van der Waals surface area contributed by atoms with Crippen molar-refractivity contribution >= 4 is 17.3 Å². The number of hydrogen-bond donors (Lipinski definition) is 2. The van der Waals surface area contributed by atoms with E-state index in [-0.39, 0.29) is 16.9 Å². The van der Waals surface area contributed by atoms with Gasteiger partial charge >= 0.3 is 6.18 Å². The fourth-order valence-corrected chi connectivity index (χ4v) is 3.38. The van der Waals surface area contributed by atoms with Crippen LogP contribution in [0.15, 0.2) is 33.8 Å². The molecule has 1 aliphatic rings. The maximum absolute atomic E-state index is 12.8. The Hall–Kier alpha value is -2.77. The highest BCUT2D eigenvalue weighted by Gasteiger charge is 2.36. The molecule has 1 aliphatic carbocycles. The van der Waals surface area contributed by atoms with Crippen molar-refractivity contribution in [3.63, 3.8) is 0 Å². The van der Waals surface area contributed by atoms with Crippen LogP contribution in [-0.2, 0) is 12.6 Å².